The molecule has 1 aliphatic carbocycles. The number of hydrogen-bond acceptors (Lipinski definition) is 1. The molecule has 0 heterocycles. The van der Waals surface area contributed by atoms with Gasteiger partial charge in [-0.3, -0.25) is 4.79 Å². The first-order valence-electron chi connectivity index (χ1n) is 7.24. The summed E-state index contributed by atoms with van der Waals surface area (Å²) in [6.45, 7) is 4.02. The number of carbonyl (C=O) groups is 1. The van der Waals surface area contributed by atoms with Gasteiger partial charge in [-0.15, -0.1) is 0 Å². The zero-order chi connectivity index (χ0) is 13.0. The zero-order valence-corrected chi connectivity index (χ0v) is 11.6. The SMILES string of the molecule is CC(C)C(=O)CC1CCC(c2ccccc2)CC1. The van der Waals surface area contributed by atoms with E-state index in [4.69, 9.17) is 0 Å². The van der Waals surface area contributed by atoms with Crippen LogP contribution in [-0.4, -0.2) is 5.78 Å². The molecule has 0 radical (unpaired) electrons. The minimum absolute atomic E-state index is 0.205. The van der Waals surface area contributed by atoms with Crippen LogP contribution in [0, 0.1) is 11.8 Å². The summed E-state index contributed by atoms with van der Waals surface area (Å²) in [6, 6.07) is 10.8. The summed E-state index contributed by atoms with van der Waals surface area (Å²) >= 11 is 0. The Kier molecular flexibility index (Phi) is 4.57. The molecule has 0 amide bonds. The van der Waals surface area contributed by atoms with E-state index in [-0.39, 0.29) is 5.92 Å². The van der Waals surface area contributed by atoms with Crippen molar-refractivity contribution in [3.05, 3.63) is 35.9 Å². The first kappa shape index (κ1) is 13.3. The van der Waals surface area contributed by atoms with Crippen molar-refractivity contribution >= 4 is 5.78 Å². The van der Waals surface area contributed by atoms with Crippen LogP contribution in [0.1, 0.15) is 57.4 Å². The molecule has 1 heteroatoms. The number of hydrogen-bond donors (Lipinski definition) is 0. The Morgan fingerprint density at radius 3 is 2.28 bits per heavy atom. The average Bonchev–Trinajstić information content (AvgIpc) is 2.40. The van der Waals surface area contributed by atoms with Gasteiger partial charge in [0.15, 0.2) is 0 Å². The van der Waals surface area contributed by atoms with Crippen LogP contribution in [-0.2, 0) is 4.79 Å². The third kappa shape index (κ3) is 3.44. The van der Waals surface area contributed by atoms with Gasteiger partial charge < -0.3 is 0 Å². The second kappa shape index (κ2) is 6.17. The Bertz CT molecular complexity index is 372. The fourth-order valence-corrected chi connectivity index (χ4v) is 2.95. The van der Waals surface area contributed by atoms with Gasteiger partial charge in [-0.05, 0) is 43.1 Å². The number of rotatable bonds is 4. The molecule has 1 aromatic carbocycles. The topological polar surface area (TPSA) is 17.1 Å². The maximum Gasteiger partial charge on any atom is 0.135 e. The quantitative estimate of drug-likeness (QED) is 0.758. The van der Waals surface area contributed by atoms with Crippen molar-refractivity contribution in [1.82, 2.24) is 0 Å². The van der Waals surface area contributed by atoms with Crippen molar-refractivity contribution in [3.63, 3.8) is 0 Å². The van der Waals surface area contributed by atoms with Crippen molar-refractivity contribution < 1.29 is 4.79 Å². The molecule has 2 rings (SSSR count). The Labute approximate surface area is 111 Å². The van der Waals surface area contributed by atoms with Gasteiger partial charge in [0.1, 0.15) is 5.78 Å². The first-order valence-corrected chi connectivity index (χ1v) is 7.24. The molecule has 0 unspecified atom stereocenters. The van der Waals surface area contributed by atoms with Gasteiger partial charge in [-0.1, -0.05) is 44.2 Å². The normalized spacial score (nSPS) is 24.2. The average molecular weight is 244 g/mol. The number of Topliss-reactive ketones (excluding diaryl/α,β-unsaturated/α-hetero) is 1. The van der Waals surface area contributed by atoms with E-state index in [0.717, 1.165) is 12.3 Å². The summed E-state index contributed by atoms with van der Waals surface area (Å²) in [4.78, 5) is 11.8. The molecule has 1 aromatic rings. The summed E-state index contributed by atoms with van der Waals surface area (Å²) in [6.07, 6.45) is 5.75. The number of benzene rings is 1. The Balaban J connectivity index is 1.83. The summed E-state index contributed by atoms with van der Waals surface area (Å²) in [5, 5.41) is 0. The van der Waals surface area contributed by atoms with Crippen LogP contribution in [0.25, 0.3) is 0 Å². The molecule has 0 N–H and O–H groups in total. The molecule has 0 bridgehead atoms. The standard InChI is InChI=1S/C17H24O/c1-13(2)17(18)12-14-8-10-16(11-9-14)15-6-4-3-5-7-15/h3-7,13-14,16H,8-12H2,1-2H3. The van der Waals surface area contributed by atoms with Gasteiger partial charge in [0, 0.05) is 12.3 Å². The molecular formula is C17H24O. The van der Waals surface area contributed by atoms with Crippen molar-refractivity contribution in [2.45, 2.75) is 51.9 Å². The third-order valence-electron chi connectivity index (χ3n) is 4.25. The van der Waals surface area contributed by atoms with Gasteiger partial charge >= 0.3 is 0 Å². The van der Waals surface area contributed by atoms with Crippen LogP contribution in [0.5, 0.6) is 0 Å². The van der Waals surface area contributed by atoms with E-state index >= 15 is 0 Å². The van der Waals surface area contributed by atoms with Crippen molar-refractivity contribution in [3.8, 4) is 0 Å². The van der Waals surface area contributed by atoms with Gasteiger partial charge in [0.05, 0.1) is 0 Å². The second-order valence-corrected chi connectivity index (χ2v) is 5.95. The molecule has 1 fully saturated rings. The van der Waals surface area contributed by atoms with Crippen molar-refractivity contribution in [2.24, 2.45) is 11.8 Å². The molecule has 0 saturated heterocycles. The van der Waals surface area contributed by atoms with Crippen LogP contribution < -0.4 is 0 Å². The van der Waals surface area contributed by atoms with Crippen molar-refractivity contribution in [2.75, 3.05) is 0 Å². The Morgan fingerprint density at radius 1 is 1.11 bits per heavy atom. The Morgan fingerprint density at radius 2 is 1.72 bits per heavy atom. The third-order valence-corrected chi connectivity index (χ3v) is 4.25. The lowest BCUT2D eigenvalue weighted by Crippen LogP contribution is -2.18. The van der Waals surface area contributed by atoms with E-state index in [0.29, 0.717) is 11.7 Å². The zero-order valence-electron chi connectivity index (χ0n) is 11.6. The van der Waals surface area contributed by atoms with E-state index in [2.05, 4.69) is 30.3 Å². The maximum absolute atomic E-state index is 11.8. The predicted molar refractivity (Wildman–Crippen MR) is 75.6 cm³/mol. The van der Waals surface area contributed by atoms with Crippen LogP contribution in [0.3, 0.4) is 0 Å². The van der Waals surface area contributed by atoms with Gasteiger partial charge in [-0.2, -0.15) is 0 Å². The van der Waals surface area contributed by atoms with Crippen molar-refractivity contribution in [1.29, 1.82) is 0 Å². The van der Waals surface area contributed by atoms with E-state index in [1.54, 1.807) is 0 Å². The molecule has 0 spiro atoms. The highest BCUT2D eigenvalue weighted by atomic mass is 16.1. The van der Waals surface area contributed by atoms with Gasteiger partial charge in [0.25, 0.3) is 0 Å². The fraction of sp³-hybridized carbons (Fsp3) is 0.588. The van der Waals surface area contributed by atoms with Crippen LogP contribution in [0.15, 0.2) is 30.3 Å². The fourth-order valence-electron chi connectivity index (χ4n) is 2.95. The first-order chi connectivity index (χ1) is 8.66. The van der Waals surface area contributed by atoms with Crippen LogP contribution >= 0.6 is 0 Å². The molecule has 1 saturated carbocycles. The summed E-state index contributed by atoms with van der Waals surface area (Å²) in [7, 11) is 0. The minimum Gasteiger partial charge on any atom is -0.299 e. The van der Waals surface area contributed by atoms with Crippen LogP contribution in [0.2, 0.25) is 0 Å². The highest BCUT2D eigenvalue weighted by Gasteiger charge is 2.24. The molecule has 0 aromatic heterocycles. The van der Waals surface area contributed by atoms with E-state index in [9.17, 15) is 4.79 Å². The molecule has 18 heavy (non-hydrogen) atoms. The lowest BCUT2D eigenvalue weighted by Gasteiger charge is -2.28. The summed E-state index contributed by atoms with van der Waals surface area (Å²) in [5.41, 5.74) is 1.48. The largest absolute Gasteiger partial charge is 0.299 e. The molecule has 98 valence electrons. The lowest BCUT2D eigenvalue weighted by atomic mass is 9.76. The highest BCUT2D eigenvalue weighted by molar-refractivity contribution is 5.80. The molecule has 1 nitrogen and oxygen atoms in total. The van der Waals surface area contributed by atoms with Crippen LogP contribution in [0.4, 0.5) is 0 Å². The van der Waals surface area contributed by atoms with Gasteiger partial charge in [-0.25, -0.2) is 0 Å². The maximum atomic E-state index is 11.8. The summed E-state index contributed by atoms with van der Waals surface area (Å²) in [5.74, 6) is 2.01. The minimum atomic E-state index is 0.205. The second-order valence-electron chi connectivity index (χ2n) is 5.95. The number of ketones is 1. The lowest BCUT2D eigenvalue weighted by molar-refractivity contribution is -0.123. The predicted octanol–water partition coefficient (Wildman–Crippen LogP) is 4.58. The molecule has 1 aliphatic rings. The summed E-state index contributed by atoms with van der Waals surface area (Å²) < 4.78 is 0. The monoisotopic (exact) mass is 244 g/mol. The van der Waals surface area contributed by atoms with E-state index < -0.39 is 0 Å². The molecule has 0 aliphatic heterocycles. The number of carbonyl (C=O) groups excluding carboxylic acids is 1. The van der Waals surface area contributed by atoms with E-state index in [1.807, 2.05) is 13.8 Å². The highest BCUT2D eigenvalue weighted by Crippen LogP contribution is 2.37. The Hall–Kier alpha value is -1.11. The molecule has 0 atom stereocenters. The van der Waals surface area contributed by atoms with Gasteiger partial charge in [0.2, 0.25) is 0 Å². The molecular weight excluding hydrogens is 220 g/mol. The van der Waals surface area contributed by atoms with E-state index in [1.165, 1.54) is 31.2 Å². The smallest absolute Gasteiger partial charge is 0.135 e.